The number of rotatable bonds is 10. The Bertz CT molecular complexity index is 155. The summed E-state index contributed by atoms with van der Waals surface area (Å²) in [6.07, 6.45) is 6.48. The van der Waals surface area contributed by atoms with Crippen LogP contribution in [0, 0.1) is 0 Å². The SMILES string of the molecule is C=C(C)N(C)CCCCCNCCCC. The predicted molar refractivity (Wildman–Crippen MR) is 69.1 cm³/mol. The van der Waals surface area contributed by atoms with Crippen molar-refractivity contribution in [2.75, 3.05) is 26.7 Å². The predicted octanol–water partition coefficient (Wildman–Crippen LogP) is 3.01. The van der Waals surface area contributed by atoms with Gasteiger partial charge in [-0.1, -0.05) is 26.3 Å². The van der Waals surface area contributed by atoms with E-state index < -0.39 is 0 Å². The first kappa shape index (κ1) is 14.5. The molecule has 0 saturated heterocycles. The lowest BCUT2D eigenvalue weighted by atomic mass is 10.2. The highest BCUT2D eigenvalue weighted by Gasteiger charge is 1.95. The van der Waals surface area contributed by atoms with Crippen LogP contribution < -0.4 is 5.32 Å². The highest BCUT2D eigenvalue weighted by molar-refractivity contribution is 4.85. The van der Waals surface area contributed by atoms with Crippen molar-refractivity contribution in [2.24, 2.45) is 0 Å². The Morgan fingerprint density at radius 1 is 1.13 bits per heavy atom. The average Bonchev–Trinajstić information content (AvgIpc) is 2.21. The van der Waals surface area contributed by atoms with Gasteiger partial charge in [0.25, 0.3) is 0 Å². The Morgan fingerprint density at radius 2 is 1.80 bits per heavy atom. The molecule has 0 aliphatic heterocycles. The van der Waals surface area contributed by atoms with Crippen molar-refractivity contribution in [1.29, 1.82) is 0 Å². The van der Waals surface area contributed by atoms with E-state index in [0.29, 0.717) is 0 Å². The van der Waals surface area contributed by atoms with Crippen LogP contribution in [0.3, 0.4) is 0 Å². The highest BCUT2D eigenvalue weighted by atomic mass is 15.1. The van der Waals surface area contributed by atoms with Gasteiger partial charge in [-0.15, -0.1) is 0 Å². The summed E-state index contributed by atoms with van der Waals surface area (Å²) >= 11 is 0. The van der Waals surface area contributed by atoms with Crippen LogP contribution in [0.25, 0.3) is 0 Å². The van der Waals surface area contributed by atoms with Gasteiger partial charge in [0.15, 0.2) is 0 Å². The van der Waals surface area contributed by atoms with E-state index in [0.717, 1.165) is 12.2 Å². The third kappa shape index (κ3) is 9.80. The second-order valence-electron chi connectivity index (χ2n) is 4.32. The molecular formula is C13H28N2. The minimum Gasteiger partial charge on any atom is -0.379 e. The monoisotopic (exact) mass is 212 g/mol. The van der Waals surface area contributed by atoms with Crippen LogP contribution in [-0.2, 0) is 0 Å². The third-order valence-corrected chi connectivity index (χ3v) is 2.71. The zero-order valence-electron chi connectivity index (χ0n) is 10.8. The molecule has 0 saturated carbocycles. The maximum Gasteiger partial charge on any atom is 0.0171 e. The minimum atomic E-state index is 1.14. The van der Waals surface area contributed by atoms with Crippen LogP contribution in [0.5, 0.6) is 0 Å². The van der Waals surface area contributed by atoms with Gasteiger partial charge in [-0.05, 0) is 39.3 Å². The smallest absolute Gasteiger partial charge is 0.0171 e. The maximum atomic E-state index is 3.92. The van der Waals surface area contributed by atoms with Gasteiger partial charge in [0.1, 0.15) is 0 Å². The van der Waals surface area contributed by atoms with Crippen molar-refractivity contribution in [3.05, 3.63) is 12.3 Å². The Balaban J connectivity index is 3.08. The Morgan fingerprint density at radius 3 is 2.40 bits per heavy atom. The summed E-state index contributed by atoms with van der Waals surface area (Å²) in [7, 11) is 2.11. The number of nitrogens with zero attached hydrogens (tertiary/aromatic N) is 1. The van der Waals surface area contributed by atoms with Crippen molar-refractivity contribution in [3.8, 4) is 0 Å². The van der Waals surface area contributed by atoms with Gasteiger partial charge >= 0.3 is 0 Å². The second-order valence-corrected chi connectivity index (χ2v) is 4.32. The normalized spacial score (nSPS) is 10.3. The van der Waals surface area contributed by atoms with Gasteiger partial charge in [0, 0.05) is 19.3 Å². The Labute approximate surface area is 95.7 Å². The van der Waals surface area contributed by atoms with Crippen LogP contribution in [0.4, 0.5) is 0 Å². The highest BCUT2D eigenvalue weighted by Crippen LogP contribution is 2.01. The topological polar surface area (TPSA) is 15.3 Å². The number of hydrogen-bond acceptors (Lipinski definition) is 2. The van der Waals surface area contributed by atoms with Gasteiger partial charge in [-0.3, -0.25) is 0 Å². The first-order valence-corrected chi connectivity index (χ1v) is 6.25. The van der Waals surface area contributed by atoms with Crippen LogP contribution in [0.15, 0.2) is 12.3 Å². The van der Waals surface area contributed by atoms with Gasteiger partial charge < -0.3 is 10.2 Å². The van der Waals surface area contributed by atoms with Crippen LogP contribution in [0.1, 0.15) is 46.0 Å². The van der Waals surface area contributed by atoms with Gasteiger partial charge in [-0.25, -0.2) is 0 Å². The molecule has 0 aliphatic rings. The fourth-order valence-electron chi connectivity index (χ4n) is 1.39. The summed E-state index contributed by atoms with van der Waals surface area (Å²) in [6.45, 7) is 11.7. The molecule has 0 heterocycles. The van der Waals surface area contributed by atoms with E-state index in [1.165, 1.54) is 45.2 Å². The molecule has 0 bridgehead atoms. The molecule has 0 aromatic carbocycles. The number of allylic oxidation sites excluding steroid dienone is 1. The van der Waals surface area contributed by atoms with Crippen LogP contribution in [0.2, 0.25) is 0 Å². The Kier molecular flexibility index (Phi) is 9.70. The lowest BCUT2D eigenvalue weighted by Gasteiger charge is -2.18. The fraction of sp³-hybridized carbons (Fsp3) is 0.846. The summed E-state index contributed by atoms with van der Waals surface area (Å²) < 4.78 is 0. The summed E-state index contributed by atoms with van der Waals surface area (Å²) in [5, 5.41) is 3.47. The summed E-state index contributed by atoms with van der Waals surface area (Å²) in [6, 6.07) is 0. The molecule has 0 aromatic heterocycles. The molecule has 0 radical (unpaired) electrons. The standard InChI is InChI=1S/C13H28N2/c1-5-6-10-14-11-8-7-9-12-15(4)13(2)3/h14H,2,5-12H2,1,3-4H3. The number of nitrogens with one attached hydrogen (secondary N) is 1. The van der Waals surface area contributed by atoms with Gasteiger partial charge in [0.05, 0.1) is 0 Å². The van der Waals surface area contributed by atoms with Gasteiger partial charge in [0.2, 0.25) is 0 Å². The molecule has 0 unspecified atom stereocenters. The second kappa shape index (κ2) is 10.0. The van der Waals surface area contributed by atoms with E-state index >= 15 is 0 Å². The fourth-order valence-corrected chi connectivity index (χ4v) is 1.39. The van der Waals surface area contributed by atoms with Crippen LogP contribution >= 0.6 is 0 Å². The average molecular weight is 212 g/mol. The molecular weight excluding hydrogens is 184 g/mol. The van der Waals surface area contributed by atoms with Crippen molar-refractivity contribution in [3.63, 3.8) is 0 Å². The third-order valence-electron chi connectivity index (χ3n) is 2.71. The number of hydrogen-bond donors (Lipinski definition) is 1. The zero-order chi connectivity index (χ0) is 11.5. The molecule has 90 valence electrons. The summed E-state index contributed by atoms with van der Waals surface area (Å²) in [5.41, 5.74) is 1.16. The number of unbranched alkanes of at least 4 members (excludes halogenated alkanes) is 3. The maximum absolute atomic E-state index is 3.92. The molecule has 0 aliphatic carbocycles. The van der Waals surface area contributed by atoms with Crippen molar-refractivity contribution in [2.45, 2.75) is 46.0 Å². The quantitative estimate of drug-likeness (QED) is 0.560. The molecule has 0 fully saturated rings. The van der Waals surface area contributed by atoms with E-state index in [4.69, 9.17) is 0 Å². The molecule has 0 aromatic rings. The lowest BCUT2D eigenvalue weighted by Crippen LogP contribution is -2.18. The van der Waals surface area contributed by atoms with E-state index in [1.54, 1.807) is 0 Å². The molecule has 0 atom stereocenters. The first-order chi connectivity index (χ1) is 7.18. The lowest BCUT2D eigenvalue weighted by molar-refractivity contribution is 0.400. The molecule has 0 amide bonds. The molecule has 1 N–H and O–H groups in total. The molecule has 0 rings (SSSR count). The van der Waals surface area contributed by atoms with E-state index in [9.17, 15) is 0 Å². The minimum absolute atomic E-state index is 1.14. The Hall–Kier alpha value is -0.500. The molecule has 15 heavy (non-hydrogen) atoms. The molecule has 2 heteroatoms. The van der Waals surface area contributed by atoms with Crippen LogP contribution in [-0.4, -0.2) is 31.6 Å². The van der Waals surface area contributed by atoms with E-state index in [-0.39, 0.29) is 0 Å². The van der Waals surface area contributed by atoms with Crippen molar-refractivity contribution in [1.82, 2.24) is 10.2 Å². The van der Waals surface area contributed by atoms with Crippen molar-refractivity contribution < 1.29 is 0 Å². The summed E-state index contributed by atoms with van der Waals surface area (Å²) in [4.78, 5) is 2.23. The first-order valence-electron chi connectivity index (χ1n) is 6.25. The van der Waals surface area contributed by atoms with E-state index in [1.807, 2.05) is 0 Å². The van der Waals surface area contributed by atoms with E-state index in [2.05, 4.69) is 37.7 Å². The van der Waals surface area contributed by atoms with Crippen molar-refractivity contribution >= 4 is 0 Å². The summed E-state index contributed by atoms with van der Waals surface area (Å²) in [5.74, 6) is 0. The molecule has 2 nitrogen and oxygen atoms in total. The molecule has 0 spiro atoms. The largest absolute Gasteiger partial charge is 0.379 e. The van der Waals surface area contributed by atoms with Gasteiger partial charge in [-0.2, -0.15) is 0 Å². The zero-order valence-corrected chi connectivity index (χ0v) is 10.8.